The second-order valence-corrected chi connectivity index (χ2v) is 3.86. The Hall–Kier alpha value is -2.12. The van der Waals surface area contributed by atoms with Crippen molar-refractivity contribution in [2.45, 2.75) is 6.54 Å². The summed E-state index contributed by atoms with van der Waals surface area (Å²) >= 11 is 6.05. The first-order valence-corrected chi connectivity index (χ1v) is 5.27. The molecule has 2 aromatic rings. The number of imidazole rings is 1. The number of hydrogen-bond acceptors (Lipinski definition) is 3. The van der Waals surface area contributed by atoms with Gasteiger partial charge >= 0.3 is 0 Å². The van der Waals surface area contributed by atoms with Crippen molar-refractivity contribution in [2.24, 2.45) is 0 Å². The summed E-state index contributed by atoms with van der Waals surface area (Å²) in [4.78, 5) is 14.6. The highest BCUT2D eigenvalue weighted by Crippen LogP contribution is 2.19. The number of nitriles is 1. The Kier molecular flexibility index (Phi) is 3.22. The molecule has 1 aromatic heterocycles. The highest BCUT2D eigenvalue weighted by atomic mass is 35.5. The summed E-state index contributed by atoms with van der Waals surface area (Å²) in [6, 6.07) is 7.09. The molecule has 1 heterocycles. The summed E-state index contributed by atoms with van der Waals surface area (Å²) in [5.41, 5.74) is 1.35. The van der Waals surface area contributed by atoms with Gasteiger partial charge in [0.05, 0.1) is 18.2 Å². The molecule has 0 saturated carbocycles. The van der Waals surface area contributed by atoms with E-state index in [2.05, 4.69) is 4.98 Å². The van der Waals surface area contributed by atoms with Gasteiger partial charge in [0.15, 0.2) is 12.1 Å². The van der Waals surface area contributed by atoms with E-state index in [1.54, 1.807) is 35.2 Å². The lowest BCUT2D eigenvalue weighted by atomic mass is 10.1. The Bertz CT molecular complexity index is 598. The molecule has 0 aliphatic rings. The van der Waals surface area contributed by atoms with E-state index in [1.165, 1.54) is 0 Å². The molecule has 17 heavy (non-hydrogen) atoms. The molecule has 0 fully saturated rings. The predicted octanol–water partition coefficient (Wildman–Crippen LogP) is 2.27. The molecular weight excluding hydrogens is 238 g/mol. The number of rotatable bonds is 3. The van der Waals surface area contributed by atoms with Crippen molar-refractivity contribution < 1.29 is 4.79 Å². The van der Waals surface area contributed by atoms with Crippen molar-refractivity contribution >= 4 is 17.9 Å². The highest BCUT2D eigenvalue weighted by molar-refractivity contribution is 6.31. The molecule has 0 unspecified atom stereocenters. The number of aldehydes is 1. The van der Waals surface area contributed by atoms with Crippen LogP contribution >= 0.6 is 11.6 Å². The van der Waals surface area contributed by atoms with Gasteiger partial charge in [-0.25, -0.2) is 4.98 Å². The third-order valence-electron chi connectivity index (χ3n) is 2.38. The van der Waals surface area contributed by atoms with Crippen LogP contribution in [-0.2, 0) is 6.54 Å². The van der Waals surface area contributed by atoms with Gasteiger partial charge in [0.25, 0.3) is 0 Å². The monoisotopic (exact) mass is 245 g/mol. The zero-order chi connectivity index (χ0) is 12.3. The second-order valence-electron chi connectivity index (χ2n) is 3.45. The normalized spacial score (nSPS) is 9.88. The molecule has 0 saturated heterocycles. The Morgan fingerprint density at radius 3 is 3.00 bits per heavy atom. The zero-order valence-corrected chi connectivity index (χ0v) is 9.55. The van der Waals surface area contributed by atoms with Gasteiger partial charge < -0.3 is 4.57 Å². The minimum atomic E-state index is 0.352. The van der Waals surface area contributed by atoms with Gasteiger partial charge in [0, 0.05) is 17.4 Å². The fraction of sp³-hybridized carbons (Fsp3) is 0.0833. The van der Waals surface area contributed by atoms with Crippen molar-refractivity contribution in [3.05, 3.63) is 52.6 Å². The molecule has 0 atom stereocenters. The van der Waals surface area contributed by atoms with Gasteiger partial charge in [-0.3, -0.25) is 4.79 Å². The number of halogens is 1. The molecule has 0 spiro atoms. The fourth-order valence-electron chi connectivity index (χ4n) is 1.50. The summed E-state index contributed by atoms with van der Waals surface area (Å²) in [5.74, 6) is 0.352. The zero-order valence-electron chi connectivity index (χ0n) is 8.80. The quantitative estimate of drug-likeness (QED) is 0.780. The molecule has 1 aromatic carbocycles. The molecule has 5 heteroatoms. The molecule has 0 aliphatic carbocycles. The van der Waals surface area contributed by atoms with E-state index in [1.807, 2.05) is 6.07 Å². The minimum absolute atomic E-state index is 0.352. The van der Waals surface area contributed by atoms with Gasteiger partial charge in [-0.1, -0.05) is 17.7 Å². The summed E-state index contributed by atoms with van der Waals surface area (Å²) in [7, 11) is 0. The Labute approximate surface area is 103 Å². The van der Waals surface area contributed by atoms with Crippen LogP contribution in [0.2, 0.25) is 5.02 Å². The molecule has 0 aliphatic heterocycles. The van der Waals surface area contributed by atoms with Crippen LogP contribution in [0.4, 0.5) is 0 Å². The maximum atomic E-state index is 10.7. The summed E-state index contributed by atoms with van der Waals surface area (Å²) in [6.07, 6.45) is 3.96. The SMILES string of the molecule is N#Cc1ccc(Cn2ccnc2C=O)c(Cl)c1. The molecule has 0 radical (unpaired) electrons. The van der Waals surface area contributed by atoms with Gasteiger partial charge in [-0.2, -0.15) is 5.26 Å². The Balaban J connectivity index is 2.31. The van der Waals surface area contributed by atoms with Crippen molar-refractivity contribution in [1.29, 1.82) is 5.26 Å². The molecule has 2 rings (SSSR count). The van der Waals surface area contributed by atoms with E-state index in [9.17, 15) is 4.79 Å². The van der Waals surface area contributed by atoms with Crippen molar-refractivity contribution in [2.75, 3.05) is 0 Å². The highest BCUT2D eigenvalue weighted by Gasteiger charge is 2.06. The van der Waals surface area contributed by atoms with E-state index < -0.39 is 0 Å². The second kappa shape index (κ2) is 4.81. The van der Waals surface area contributed by atoms with Crippen LogP contribution in [0.3, 0.4) is 0 Å². The van der Waals surface area contributed by atoms with Crippen LogP contribution in [0.1, 0.15) is 21.7 Å². The number of nitrogens with zero attached hydrogens (tertiary/aromatic N) is 3. The average molecular weight is 246 g/mol. The summed E-state index contributed by atoms with van der Waals surface area (Å²) < 4.78 is 1.69. The smallest absolute Gasteiger partial charge is 0.185 e. The van der Waals surface area contributed by atoms with Crippen LogP contribution in [0.15, 0.2) is 30.6 Å². The first kappa shape index (κ1) is 11.4. The first-order chi connectivity index (χ1) is 8.24. The van der Waals surface area contributed by atoms with Gasteiger partial charge in [0.2, 0.25) is 0 Å². The van der Waals surface area contributed by atoms with E-state index in [0.29, 0.717) is 29.2 Å². The third-order valence-corrected chi connectivity index (χ3v) is 2.73. The van der Waals surface area contributed by atoms with Crippen molar-refractivity contribution in [1.82, 2.24) is 9.55 Å². The Morgan fingerprint density at radius 2 is 2.35 bits per heavy atom. The lowest BCUT2D eigenvalue weighted by molar-refractivity contribution is 0.111. The Morgan fingerprint density at radius 1 is 1.53 bits per heavy atom. The number of carbonyl (C=O) groups excluding carboxylic acids is 1. The lowest BCUT2D eigenvalue weighted by Gasteiger charge is -2.06. The van der Waals surface area contributed by atoms with Crippen molar-refractivity contribution in [3.8, 4) is 6.07 Å². The van der Waals surface area contributed by atoms with Crippen LogP contribution in [0.25, 0.3) is 0 Å². The molecule has 0 N–H and O–H groups in total. The predicted molar refractivity (Wildman–Crippen MR) is 62.9 cm³/mol. The molecule has 0 amide bonds. The molecule has 84 valence electrons. The average Bonchev–Trinajstić information content (AvgIpc) is 2.79. The third kappa shape index (κ3) is 2.35. The van der Waals surface area contributed by atoms with Gasteiger partial charge in [-0.05, 0) is 17.7 Å². The number of benzene rings is 1. The van der Waals surface area contributed by atoms with E-state index in [4.69, 9.17) is 16.9 Å². The lowest BCUT2D eigenvalue weighted by Crippen LogP contribution is -2.03. The molecular formula is C12H8ClN3O. The maximum absolute atomic E-state index is 10.7. The van der Waals surface area contributed by atoms with Crippen LogP contribution < -0.4 is 0 Å². The molecule has 4 nitrogen and oxygen atoms in total. The van der Waals surface area contributed by atoms with Gasteiger partial charge in [-0.15, -0.1) is 0 Å². The standard InChI is InChI=1S/C12H8ClN3O/c13-11-5-9(6-14)1-2-10(11)7-16-4-3-15-12(16)8-17/h1-5,8H,7H2. The van der Waals surface area contributed by atoms with Crippen molar-refractivity contribution in [3.63, 3.8) is 0 Å². The number of carbonyl (C=O) groups is 1. The largest absolute Gasteiger partial charge is 0.324 e. The van der Waals surface area contributed by atoms with Gasteiger partial charge in [0.1, 0.15) is 0 Å². The maximum Gasteiger partial charge on any atom is 0.185 e. The first-order valence-electron chi connectivity index (χ1n) is 4.89. The minimum Gasteiger partial charge on any atom is -0.324 e. The van der Waals surface area contributed by atoms with E-state index in [0.717, 1.165) is 5.56 Å². The summed E-state index contributed by atoms with van der Waals surface area (Å²) in [5, 5.41) is 9.23. The van der Waals surface area contributed by atoms with Crippen LogP contribution in [0.5, 0.6) is 0 Å². The molecule has 0 bridgehead atoms. The topological polar surface area (TPSA) is 58.7 Å². The van der Waals surface area contributed by atoms with Crippen LogP contribution in [-0.4, -0.2) is 15.8 Å². The van der Waals surface area contributed by atoms with E-state index >= 15 is 0 Å². The van der Waals surface area contributed by atoms with Crippen LogP contribution in [0, 0.1) is 11.3 Å². The fourth-order valence-corrected chi connectivity index (χ4v) is 1.74. The number of aromatic nitrogens is 2. The number of hydrogen-bond donors (Lipinski definition) is 0. The van der Waals surface area contributed by atoms with E-state index in [-0.39, 0.29) is 0 Å². The summed E-state index contributed by atoms with van der Waals surface area (Å²) in [6.45, 7) is 0.457.